The van der Waals surface area contributed by atoms with E-state index in [1.165, 1.54) is 72.3 Å². The highest BCUT2D eigenvalue weighted by molar-refractivity contribution is 5.99. The summed E-state index contributed by atoms with van der Waals surface area (Å²) in [4.78, 5) is 7.04. The van der Waals surface area contributed by atoms with E-state index >= 15 is 0 Å². The zero-order valence-electron chi connectivity index (χ0n) is 30.2. The zero-order chi connectivity index (χ0) is 35.3. The van der Waals surface area contributed by atoms with Crippen LogP contribution in [-0.4, -0.2) is 23.2 Å². The van der Waals surface area contributed by atoms with E-state index in [4.69, 9.17) is 0 Å². The van der Waals surface area contributed by atoms with E-state index in [0.29, 0.717) is 6.67 Å². The van der Waals surface area contributed by atoms with Gasteiger partial charge < -0.3 is 4.57 Å². The van der Waals surface area contributed by atoms with Gasteiger partial charge in [-0.3, -0.25) is 9.89 Å². The molecule has 1 aromatic heterocycles. The van der Waals surface area contributed by atoms with Gasteiger partial charge in [0.05, 0.1) is 18.4 Å². The van der Waals surface area contributed by atoms with Gasteiger partial charge in [0, 0.05) is 27.6 Å². The Morgan fingerprint density at radius 1 is 0.804 bits per heavy atom. The third kappa shape index (κ3) is 5.27. The summed E-state index contributed by atoms with van der Waals surface area (Å²) in [7, 11) is 2.26. The van der Waals surface area contributed by atoms with Crippen molar-refractivity contribution < 1.29 is 0 Å². The number of rotatable bonds is 9. The molecule has 6 aromatic rings. The van der Waals surface area contributed by atoms with Gasteiger partial charge in [-0.15, -0.1) is 0 Å². The van der Waals surface area contributed by atoms with E-state index in [-0.39, 0.29) is 11.5 Å². The lowest BCUT2D eigenvalue weighted by atomic mass is 9.81. The molecule has 0 saturated heterocycles. The summed E-state index contributed by atoms with van der Waals surface area (Å²) >= 11 is 0. The molecule has 0 aliphatic heterocycles. The predicted molar refractivity (Wildman–Crippen MR) is 217 cm³/mol. The van der Waals surface area contributed by atoms with Gasteiger partial charge in [0.1, 0.15) is 0 Å². The molecule has 1 unspecified atom stereocenters. The van der Waals surface area contributed by atoms with Crippen LogP contribution in [0.2, 0.25) is 0 Å². The minimum absolute atomic E-state index is 0.0767. The molecule has 1 atom stereocenters. The smallest absolute Gasteiger partial charge is 0.0759 e. The van der Waals surface area contributed by atoms with Crippen LogP contribution in [0, 0.1) is 0 Å². The molecule has 5 aromatic carbocycles. The van der Waals surface area contributed by atoms with Crippen LogP contribution in [-0.2, 0) is 18.5 Å². The summed E-state index contributed by atoms with van der Waals surface area (Å²) in [6, 6.07) is 42.1. The quantitative estimate of drug-likeness (QED) is 0.141. The third-order valence-electron chi connectivity index (χ3n) is 11.3. The minimum Gasteiger partial charge on any atom is -0.330 e. The molecule has 0 amide bonds. The molecule has 1 heterocycles. The molecule has 0 saturated carbocycles. The van der Waals surface area contributed by atoms with Crippen LogP contribution in [0.3, 0.4) is 0 Å². The van der Waals surface area contributed by atoms with E-state index in [9.17, 15) is 0 Å². The third-order valence-corrected chi connectivity index (χ3v) is 11.3. The van der Waals surface area contributed by atoms with Gasteiger partial charge in [-0.1, -0.05) is 136 Å². The maximum Gasteiger partial charge on any atom is 0.0759 e. The van der Waals surface area contributed by atoms with Gasteiger partial charge in [-0.05, 0) is 107 Å². The molecule has 51 heavy (non-hydrogen) atoms. The number of nitrogens with zero attached hydrogens (tertiary/aromatic N) is 3. The normalized spacial score (nSPS) is 15.2. The van der Waals surface area contributed by atoms with Crippen LogP contribution in [0.4, 0.5) is 5.69 Å². The number of hydrogen-bond donors (Lipinski definition) is 0. The summed E-state index contributed by atoms with van der Waals surface area (Å²) in [5.74, 6) is 0. The van der Waals surface area contributed by atoms with Crippen molar-refractivity contribution in [1.82, 2.24) is 9.47 Å². The second-order valence-corrected chi connectivity index (χ2v) is 14.4. The number of benzene rings is 5. The fraction of sp³-hybridized carbons (Fsp3) is 0.188. The largest absolute Gasteiger partial charge is 0.330 e. The van der Waals surface area contributed by atoms with E-state index < -0.39 is 0 Å². The molecule has 0 spiro atoms. The second kappa shape index (κ2) is 13.0. The standard InChI is InChI=1S/C48H45N3/c1-7-17-35-32(8-2)27-29-45-46(35)40-22-13-16-25-44(40)51(45)31-50(6)47(39-21-12-15-24-43(39)49-5)38-20-10-9-18-34(38)33-26-28-37-36-19-11-14-23-41(36)48(3,4)42(37)30-33/h7-26,28,30,47H,2,5,27,29,31H2,1,3-4,6H3/b17-7-. The fourth-order valence-corrected chi connectivity index (χ4v) is 8.88. The highest BCUT2D eigenvalue weighted by Crippen LogP contribution is 2.50. The van der Waals surface area contributed by atoms with Crippen molar-refractivity contribution in [2.24, 2.45) is 4.99 Å². The predicted octanol–water partition coefficient (Wildman–Crippen LogP) is 12.1. The zero-order valence-corrected chi connectivity index (χ0v) is 30.2. The van der Waals surface area contributed by atoms with E-state index in [1.54, 1.807) is 0 Å². The van der Waals surface area contributed by atoms with Gasteiger partial charge in [0.2, 0.25) is 0 Å². The Hall–Kier alpha value is -5.51. The molecule has 0 bridgehead atoms. The number of aromatic nitrogens is 1. The molecule has 252 valence electrons. The average molecular weight is 664 g/mol. The Morgan fingerprint density at radius 3 is 2.27 bits per heavy atom. The van der Waals surface area contributed by atoms with E-state index in [2.05, 4.69) is 183 Å². The Bertz CT molecular complexity index is 2400. The van der Waals surface area contributed by atoms with Gasteiger partial charge >= 0.3 is 0 Å². The van der Waals surface area contributed by atoms with Crippen molar-refractivity contribution in [3.05, 3.63) is 179 Å². The molecular formula is C48H45N3. The Labute approximate surface area is 302 Å². The Morgan fingerprint density at radius 2 is 1.49 bits per heavy atom. The molecule has 3 heteroatoms. The first kappa shape index (κ1) is 32.7. The van der Waals surface area contributed by atoms with Crippen molar-refractivity contribution >= 4 is 28.9 Å². The van der Waals surface area contributed by atoms with Gasteiger partial charge in [0.25, 0.3) is 0 Å². The first-order valence-corrected chi connectivity index (χ1v) is 18.1. The molecule has 0 N–H and O–H groups in total. The van der Waals surface area contributed by atoms with Gasteiger partial charge in [-0.2, -0.15) is 0 Å². The molecule has 3 nitrogen and oxygen atoms in total. The summed E-state index contributed by atoms with van der Waals surface area (Å²) in [6.07, 6.45) is 8.40. The number of fused-ring (bicyclic) bond motifs is 6. The monoisotopic (exact) mass is 663 g/mol. The highest BCUT2D eigenvalue weighted by atomic mass is 15.3. The molecule has 0 radical (unpaired) electrons. The number of para-hydroxylation sites is 2. The van der Waals surface area contributed by atoms with Gasteiger partial charge in [0.15, 0.2) is 0 Å². The summed E-state index contributed by atoms with van der Waals surface area (Å²) in [6.45, 7) is 15.7. The van der Waals surface area contributed by atoms with Crippen molar-refractivity contribution in [3.8, 4) is 22.3 Å². The average Bonchev–Trinajstić information content (AvgIpc) is 3.60. The lowest BCUT2D eigenvalue weighted by Crippen LogP contribution is -2.29. The maximum atomic E-state index is 4.55. The highest BCUT2D eigenvalue weighted by Gasteiger charge is 2.36. The van der Waals surface area contributed by atoms with Crippen molar-refractivity contribution in [1.29, 1.82) is 0 Å². The van der Waals surface area contributed by atoms with E-state index in [1.807, 2.05) is 6.08 Å². The fourth-order valence-electron chi connectivity index (χ4n) is 8.88. The molecule has 8 rings (SSSR count). The Balaban J connectivity index is 1.29. The van der Waals surface area contributed by atoms with Crippen LogP contribution in [0.1, 0.15) is 66.7 Å². The van der Waals surface area contributed by atoms with Crippen molar-refractivity contribution in [2.75, 3.05) is 7.05 Å². The summed E-state index contributed by atoms with van der Waals surface area (Å²) < 4.78 is 2.54. The van der Waals surface area contributed by atoms with Crippen LogP contribution in [0.5, 0.6) is 0 Å². The molecule has 0 fully saturated rings. The maximum absolute atomic E-state index is 4.55. The summed E-state index contributed by atoms with van der Waals surface area (Å²) in [5, 5.41) is 1.29. The first-order valence-electron chi connectivity index (χ1n) is 18.1. The molecule has 2 aliphatic rings. The van der Waals surface area contributed by atoms with Crippen LogP contribution in [0.25, 0.3) is 38.7 Å². The number of hydrogen-bond acceptors (Lipinski definition) is 2. The minimum atomic E-state index is -0.0870. The van der Waals surface area contributed by atoms with Crippen LogP contribution < -0.4 is 0 Å². The van der Waals surface area contributed by atoms with Gasteiger partial charge in [-0.25, -0.2) is 0 Å². The van der Waals surface area contributed by atoms with Crippen LogP contribution >= 0.6 is 0 Å². The number of aliphatic imine (C=N–C) groups is 1. The molecular weight excluding hydrogens is 619 g/mol. The Kier molecular flexibility index (Phi) is 8.32. The van der Waals surface area contributed by atoms with Crippen LogP contribution in [0.15, 0.2) is 151 Å². The van der Waals surface area contributed by atoms with E-state index in [0.717, 1.165) is 24.1 Å². The lowest BCUT2D eigenvalue weighted by molar-refractivity contribution is 0.223. The molecule has 2 aliphatic carbocycles. The second-order valence-electron chi connectivity index (χ2n) is 14.4. The topological polar surface area (TPSA) is 20.5 Å². The lowest BCUT2D eigenvalue weighted by Gasteiger charge is -2.33. The first-order chi connectivity index (χ1) is 24.9. The summed E-state index contributed by atoms with van der Waals surface area (Å²) in [5.41, 5.74) is 17.7. The van der Waals surface area contributed by atoms with Crippen molar-refractivity contribution in [3.63, 3.8) is 0 Å². The van der Waals surface area contributed by atoms with Crippen molar-refractivity contribution in [2.45, 2.75) is 51.7 Å². The number of allylic oxidation sites excluding steroid dienone is 5. The SMILES string of the molecule is C=CC1=C(/C=C\C)c2c(n(CN(C)C(c3ccccc3N=C)c3ccccc3-c3ccc4c(c3)C(C)(C)c3ccccc3-4)c3ccccc23)CC1.